The second kappa shape index (κ2) is 6.18. The lowest BCUT2D eigenvalue weighted by molar-refractivity contribution is -0.116. The molecule has 0 unspecified atom stereocenters. The van der Waals surface area contributed by atoms with Crippen molar-refractivity contribution in [2.45, 2.75) is 33.1 Å². The number of carbonyl (C=O) groups is 1. The fourth-order valence-electron chi connectivity index (χ4n) is 1.86. The van der Waals surface area contributed by atoms with Crippen LogP contribution in [0.5, 0.6) is 0 Å². The smallest absolute Gasteiger partial charge is 0.224 e. The second-order valence-electron chi connectivity index (χ2n) is 4.61. The number of hydrogen-bond acceptors (Lipinski definition) is 2. The van der Waals surface area contributed by atoms with E-state index in [0.717, 1.165) is 35.6 Å². The number of amides is 1. The number of nitrogens with one attached hydrogen (secondary N) is 2. The lowest BCUT2D eigenvalue weighted by atomic mass is 10.1. The fourth-order valence-corrected chi connectivity index (χ4v) is 1.86. The van der Waals surface area contributed by atoms with Crippen molar-refractivity contribution in [2.75, 3.05) is 5.32 Å². The molecule has 100 valence electrons. The van der Waals surface area contributed by atoms with Crippen LogP contribution in [0.4, 0.5) is 5.69 Å². The minimum atomic E-state index is 0.0759. The van der Waals surface area contributed by atoms with Gasteiger partial charge in [-0.3, -0.25) is 4.79 Å². The molecular formula is C15H19N3O. The average Bonchev–Trinajstić information content (AvgIpc) is 2.84. The van der Waals surface area contributed by atoms with Crippen LogP contribution in [0.2, 0.25) is 0 Å². The zero-order valence-corrected chi connectivity index (χ0v) is 11.4. The van der Waals surface area contributed by atoms with Gasteiger partial charge in [0.05, 0.1) is 11.9 Å². The molecule has 19 heavy (non-hydrogen) atoms. The van der Waals surface area contributed by atoms with Crippen molar-refractivity contribution in [1.29, 1.82) is 0 Å². The van der Waals surface area contributed by atoms with E-state index in [-0.39, 0.29) is 5.91 Å². The monoisotopic (exact) mass is 257 g/mol. The Labute approximate surface area is 113 Å². The molecule has 0 saturated heterocycles. The zero-order chi connectivity index (χ0) is 13.7. The molecule has 0 radical (unpaired) electrons. The van der Waals surface area contributed by atoms with Crippen molar-refractivity contribution in [3.8, 4) is 11.3 Å². The minimum absolute atomic E-state index is 0.0759. The molecule has 0 fully saturated rings. The third-order valence-corrected chi connectivity index (χ3v) is 2.94. The molecule has 2 aromatic rings. The topological polar surface area (TPSA) is 57.8 Å². The van der Waals surface area contributed by atoms with E-state index in [4.69, 9.17) is 0 Å². The Balaban J connectivity index is 2.00. The van der Waals surface area contributed by atoms with Gasteiger partial charge in [-0.05, 0) is 31.0 Å². The van der Waals surface area contributed by atoms with Crippen LogP contribution in [-0.2, 0) is 4.79 Å². The highest BCUT2D eigenvalue weighted by Gasteiger charge is 2.03. The molecule has 0 atom stereocenters. The van der Waals surface area contributed by atoms with Crippen molar-refractivity contribution in [3.05, 3.63) is 36.3 Å². The molecule has 0 saturated carbocycles. The number of benzene rings is 1. The second-order valence-corrected chi connectivity index (χ2v) is 4.61. The number of rotatable bonds is 5. The lowest BCUT2D eigenvalue weighted by Crippen LogP contribution is -2.10. The number of aromatic amines is 1. The molecule has 0 spiro atoms. The molecular weight excluding hydrogens is 238 g/mol. The molecule has 0 aliphatic heterocycles. The van der Waals surface area contributed by atoms with Crippen LogP contribution in [0.1, 0.15) is 32.0 Å². The summed E-state index contributed by atoms with van der Waals surface area (Å²) in [5, 5.41) is 2.90. The largest absolute Gasteiger partial charge is 0.342 e. The van der Waals surface area contributed by atoms with Crippen LogP contribution >= 0.6 is 0 Å². The molecule has 2 rings (SSSR count). The number of hydrogen-bond donors (Lipinski definition) is 2. The normalized spacial score (nSPS) is 10.4. The van der Waals surface area contributed by atoms with Gasteiger partial charge in [-0.2, -0.15) is 0 Å². The number of anilines is 1. The molecule has 1 heterocycles. The van der Waals surface area contributed by atoms with E-state index in [1.54, 1.807) is 0 Å². The first-order chi connectivity index (χ1) is 9.19. The van der Waals surface area contributed by atoms with Crippen molar-refractivity contribution >= 4 is 11.6 Å². The van der Waals surface area contributed by atoms with Crippen LogP contribution < -0.4 is 5.32 Å². The van der Waals surface area contributed by atoms with Gasteiger partial charge in [0.2, 0.25) is 5.91 Å². The summed E-state index contributed by atoms with van der Waals surface area (Å²) in [6, 6.07) is 7.77. The predicted octanol–water partition coefficient (Wildman–Crippen LogP) is 3.51. The summed E-state index contributed by atoms with van der Waals surface area (Å²) >= 11 is 0. The summed E-state index contributed by atoms with van der Waals surface area (Å²) in [6.07, 6.45) is 4.35. The Bertz CT molecular complexity index is 543. The first kappa shape index (κ1) is 13.3. The van der Waals surface area contributed by atoms with Gasteiger partial charge in [0.25, 0.3) is 0 Å². The van der Waals surface area contributed by atoms with E-state index in [0.29, 0.717) is 6.42 Å². The average molecular weight is 257 g/mol. The molecule has 4 nitrogen and oxygen atoms in total. The number of carbonyl (C=O) groups excluding carboxylic acids is 1. The third kappa shape index (κ3) is 3.68. The highest BCUT2D eigenvalue weighted by molar-refractivity contribution is 5.90. The SMILES string of the molecule is CCCCC(=O)Nc1ccc(-c2cnc(C)[nH]2)cc1. The summed E-state index contributed by atoms with van der Waals surface area (Å²) < 4.78 is 0. The maximum Gasteiger partial charge on any atom is 0.224 e. The summed E-state index contributed by atoms with van der Waals surface area (Å²) in [6.45, 7) is 4.00. The number of H-pyrrole nitrogens is 1. The summed E-state index contributed by atoms with van der Waals surface area (Å²) in [5.41, 5.74) is 2.88. The van der Waals surface area contributed by atoms with E-state index in [2.05, 4.69) is 22.2 Å². The predicted molar refractivity (Wildman–Crippen MR) is 76.9 cm³/mol. The molecule has 4 heteroatoms. The molecule has 1 aromatic heterocycles. The number of unbranched alkanes of at least 4 members (excludes halogenated alkanes) is 1. The number of imidazole rings is 1. The van der Waals surface area contributed by atoms with E-state index >= 15 is 0 Å². The third-order valence-electron chi connectivity index (χ3n) is 2.94. The van der Waals surface area contributed by atoms with Crippen LogP contribution in [0, 0.1) is 6.92 Å². The van der Waals surface area contributed by atoms with Gasteiger partial charge in [-0.25, -0.2) is 4.98 Å². The minimum Gasteiger partial charge on any atom is -0.342 e. The molecule has 0 aliphatic rings. The Morgan fingerprint density at radius 1 is 1.32 bits per heavy atom. The van der Waals surface area contributed by atoms with Gasteiger partial charge in [0, 0.05) is 12.1 Å². The molecule has 1 aromatic carbocycles. The maximum absolute atomic E-state index is 11.6. The standard InChI is InChI=1S/C15H19N3O/c1-3-4-5-15(19)18-13-8-6-12(7-9-13)14-10-16-11(2)17-14/h6-10H,3-5H2,1-2H3,(H,16,17)(H,18,19). The van der Waals surface area contributed by atoms with Crippen LogP contribution in [-0.4, -0.2) is 15.9 Å². The van der Waals surface area contributed by atoms with Crippen LogP contribution in [0.15, 0.2) is 30.5 Å². The number of aromatic nitrogens is 2. The van der Waals surface area contributed by atoms with Gasteiger partial charge in [0.15, 0.2) is 0 Å². The van der Waals surface area contributed by atoms with Crippen molar-refractivity contribution < 1.29 is 4.79 Å². The maximum atomic E-state index is 11.6. The van der Waals surface area contributed by atoms with E-state index in [1.165, 1.54) is 0 Å². The number of nitrogens with zero attached hydrogens (tertiary/aromatic N) is 1. The molecule has 2 N–H and O–H groups in total. The van der Waals surface area contributed by atoms with Crippen molar-refractivity contribution in [1.82, 2.24) is 9.97 Å². The first-order valence-corrected chi connectivity index (χ1v) is 6.61. The zero-order valence-electron chi connectivity index (χ0n) is 11.4. The van der Waals surface area contributed by atoms with Crippen molar-refractivity contribution in [2.24, 2.45) is 0 Å². The number of aryl methyl sites for hydroxylation is 1. The Kier molecular flexibility index (Phi) is 4.34. The summed E-state index contributed by atoms with van der Waals surface area (Å²) in [4.78, 5) is 19.0. The Morgan fingerprint density at radius 2 is 2.05 bits per heavy atom. The first-order valence-electron chi connectivity index (χ1n) is 6.61. The van der Waals surface area contributed by atoms with E-state index in [1.807, 2.05) is 37.4 Å². The fraction of sp³-hybridized carbons (Fsp3) is 0.333. The van der Waals surface area contributed by atoms with Crippen LogP contribution in [0.3, 0.4) is 0 Å². The lowest BCUT2D eigenvalue weighted by Gasteiger charge is -2.05. The van der Waals surface area contributed by atoms with Crippen LogP contribution in [0.25, 0.3) is 11.3 Å². The van der Waals surface area contributed by atoms with E-state index in [9.17, 15) is 4.79 Å². The summed E-state index contributed by atoms with van der Waals surface area (Å²) in [5.74, 6) is 0.971. The van der Waals surface area contributed by atoms with Gasteiger partial charge in [-0.15, -0.1) is 0 Å². The Morgan fingerprint density at radius 3 is 2.63 bits per heavy atom. The van der Waals surface area contributed by atoms with Gasteiger partial charge in [0.1, 0.15) is 5.82 Å². The van der Waals surface area contributed by atoms with E-state index < -0.39 is 0 Å². The van der Waals surface area contributed by atoms with Gasteiger partial charge in [-0.1, -0.05) is 25.5 Å². The highest BCUT2D eigenvalue weighted by atomic mass is 16.1. The molecule has 1 amide bonds. The molecule has 0 bridgehead atoms. The Hall–Kier alpha value is -2.10. The quantitative estimate of drug-likeness (QED) is 0.861. The van der Waals surface area contributed by atoms with Gasteiger partial charge < -0.3 is 10.3 Å². The summed E-state index contributed by atoms with van der Waals surface area (Å²) in [7, 11) is 0. The van der Waals surface area contributed by atoms with Crippen molar-refractivity contribution in [3.63, 3.8) is 0 Å². The molecule has 0 aliphatic carbocycles. The van der Waals surface area contributed by atoms with Gasteiger partial charge >= 0.3 is 0 Å². The highest BCUT2D eigenvalue weighted by Crippen LogP contribution is 2.19.